The summed E-state index contributed by atoms with van der Waals surface area (Å²) in [5.41, 5.74) is 2.22. The van der Waals surface area contributed by atoms with Crippen molar-refractivity contribution in [2.75, 3.05) is 11.9 Å². The molecule has 1 aliphatic heterocycles. The summed E-state index contributed by atoms with van der Waals surface area (Å²) in [6.07, 6.45) is 3.65. The molecule has 4 rings (SSSR count). The van der Waals surface area contributed by atoms with Crippen LogP contribution in [0.4, 0.5) is 5.82 Å². The average molecular weight is 336 g/mol. The van der Waals surface area contributed by atoms with E-state index in [1.807, 2.05) is 30.3 Å². The summed E-state index contributed by atoms with van der Waals surface area (Å²) in [6, 6.07) is 9.17. The molecule has 0 spiro atoms. The van der Waals surface area contributed by atoms with Crippen LogP contribution in [0.2, 0.25) is 0 Å². The van der Waals surface area contributed by atoms with Crippen LogP contribution in [0.15, 0.2) is 43.0 Å². The number of H-pyrrole nitrogens is 1. The van der Waals surface area contributed by atoms with E-state index in [4.69, 9.17) is 0 Å². The number of anilines is 1. The molecule has 1 saturated heterocycles. The summed E-state index contributed by atoms with van der Waals surface area (Å²) >= 11 is 0. The lowest BCUT2D eigenvalue weighted by Gasteiger charge is -2.15. The minimum absolute atomic E-state index is 0.118. The molecule has 2 amide bonds. The summed E-state index contributed by atoms with van der Waals surface area (Å²) < 4.78 is 0. The van der Waals surface area contributed by atoms with E-state index in [0.29, 0.717) is 29.9 Å². The van der Waals surface area contributed by atoms with Gasteiger partial charge in [0.05, 0.1) is 12.7 Å². The Labute approximate surface area is 143 Å². The van der Waals surface area contributed by atoms with Crippen molar-refractivity contribution < 1.29 is 9.59 Å². The number of aromatic amines is 1. The van der Waals surface area contributed by atoms with Gasteiger partial charge in [-0.3, -0.25) is 14.5 Å². The Morgan fingerprint density at radius 1 is 1.16 bits per heavy atom. The fourth-order valence-corrected chi connectivity index (χ4v) is 2.96. The van der Waals surface area contributed by atoms with Crippen LogP contribution in [0, 0.1) is 0 Å². The van der Waals surface area contributed by atoms with E-state index in [0.717, 1.165) is 5.56 Å². The van der Waals surface area contributed by atoms with Gasteiger partial charge in [0.15, 0.2) is 11.5 Å². The van der Waals surface area contributed by atoms with E-state index >= 15 is 0 Å². The maximum absolute atomic E-state index is 12.6. The Kier molecular flexibility index (Phi) is 3.85. The number of imide groups is 1. The van der Waals surface area contributed by atoms with Gasteiger partial charge in [-0.05, 0) is 12.0 Å². The third-order valence-electron chi connectivity index (χ3n) is 4.24. The van der Waals surface area contributed by atoms with E-state index in [-0.39, 0.29) is 18.2 Å². The van der Waals surface area contributed by atoms with Gasteiger partial charge in [-0.1, -0.05) is 30.3 Å². The van der Waals surface area contributed by atoms with Crippen molar-refractivity contribution in [1.29, 1.82) is 0 Å². The lowest BCUT2D eigenvalue weighted by molar-refractivity contribution is -0.138. The molecule has 0 radical (unpaired) electrons. The van der Waals surface area contributed by atoms with Crippen molar-refractivity contribution in [2.45, 2.75) is 18.9 Å². The summed E-state index contributed by atoms with van der Waals surface area (Å²) in [5, 5.41) is 3.04. The SMILES string of the molecule is O=C1C[C@H](Nc2ncnc3nc[nH]c23)C(=O)N1CCc1ccccc1. The first kappa shape index (κ1) is 15.3. The molecule has 8 nitrogen and oxygen atoms in total. The predicted octanol–water partition coefficient (Wildman–Crippen LogP) is 1.13. The zero-order chi connectivity index (χ0) is 17.2. The van der Waals surface area contributed by atoms with Crippen molar-refractivity contribution in [1.82, 2.24) is 24.8 Å². The summed E-state index contributed by atoms with van der Waals surface area (Å²) in [5.74, 6) is 0.0686. The Bertz CT molecular complexity index is 923. The molecule has 2 aromatic heterocycles. The fourth-order valence-electron chi connectivity index (χ4n) is 2.96. The number of hydrogen-bond donors (Lipinski definition) is 2. The highest BCUT2D eigenvalue weighted by Gasteiger charge is 2.38. The van der Waals surface area contributed by atoms with Gasteiger partial charge in [0.1, 0.15) is 17.9 Å². The number of benzene rings is 1. The van der Waals surface area contributed by atoms with E-state index < -0.39 is 6.04 Å². The normalized spacial score (nSPS) is 17.4. The minimum atomic E-state index is -0.621. The number of nitrogens with one attached hydrogen (secondary N) is 2. The van der Waals surface area contributed by atoms with E-state index in [2.05, 4.69) is 25.3 Å². The number of hydrogen-bond acceptors (Lipinski definition) is 6. The highest BCUT2D eigenvalue weighted by Crippen LogP contribution is 2.21. The van der Waals surface area contributed by atoms with E-state index in [9.17, 15) is 9.59 Å². The Morgan fingerprint density at radius 3 is 2.84 bits per heavy atom. The predicted molar refractivity (Wildman–Crippen MR) is 90.6 cm³/mol. The van der Waals surface area contributed by atoms with Crippen LogP contribution in [-0.2, 0) is 16.0 Å². The fraction of sp³-hybridized carbons (Fsp3) is 0.235. The van der Waals surface area contributed by atoms with Crippen molar-refractivity contribution >= 4 is 28.8 Å². The van der Waals surface area contributed by atoms with Crippen LogP contribution in [-0.4, -0.2) is 49.2 Å². The number of likely N-dealkylation sites (tertiary alicyclic amines) is 1. The largest absolute Gasteiger partial charge is 0.356 e. The average Bonchev–Trinajstić information content (AvgIpc) is 3.20. The highest BCUT2D eigenvalue weighted by atomic mass is 16.2. The molecule has 1 aliphatic rings. The molecular weight excluding hydrogens is 320 g/mol. The molecular formula is C17H16N6O2. The van der Waals surface area contributed by atoms with Gasteiger partial charge >= 0.3 is 0 Å². The van der Waals surface area contributed by atoms with Crippen LogP contribution in [0.25, 0.3) is 11.2 Å². The van der Waals surface area contributed by atoms with Gasteiger partial charge in [-0.25, -0.2) is 15.0 Å². The second-order valence-electron chi connectivity index (χ2n) is 5.84. The maximum Gasteiger partial charge on any atom is 0.252 e. The number of carbonyl (C=O) groups is 2. The van der Waals surface area contributed by atoms with Crippen molar-refractivity contribution in [2.24, 2.45) is 0 Å². The van der Waals surface area contributed by atoms with Crippen LogP contribution >= 0.6 is 0 Å². The minimum Gasteiger partial charge on any atom is -0.356 e. The quantitative estimate of drug-likeness (QED) is 0.677. The molecule has 3 aromatic rings. The second kappa shape index (κ2) is 6.31. The number of carbonyl (C=O) groups excluding carboxylic acids is 2. The van der Waals surface area contributed by atoms with Gasteiger partial charge in [-0.2, -0.15) is 0 Å². The summed E-state index contributed by atoms with van der Waals surface area (Å²) in [6.45, 7) is 0.378. The Hall–Kier alpha value is -3.29. The zero-order valence-electron chi connectivity index (χ0n) is 13.3. The van der Waals surface area contributed by atoms with Gasteiger partial charge in [0.25, 0.3) is 5.91 Å². The van der Waals surface area contributed by atoms with Crippen LogP contribution in [0.1, 0.15) is 12.0 Å². The molecule has 126 valence electrons. The van der Waals surface area contributed by atoms with Gasteiger partial charge in [-0.15, -0.1) is 0 Å². The maximum atomic E-state index is 12.6. The lowest BCUT2D eigenvalue weighted by Crippen LogP contribution is -2.36. The highest BCUT2D eigenvalue weighted by molar-refractivity contribution is 6.07. The number of amides is 2. The Balaban J connectivity index is 1.46. The van der Waals surface area contributed by atoms with Gasteiger partial charge in [0.2, 0.25) is 5.91 Å². The van der Waals surface area contributed by atoms with E-state index in [1.54, 1.807) is 0 Å². The molecule has 0 aliphatic carbocycles. The molecule has 1 aromatic carbocycles. The smallest absolute Gasteiger partial charge is 0.252 e. The first-order valence-corrected chi connectivity index (χ1v) is 8.01. The summed E-state index contributed by atoms with van der Waals surface area (Å²) in [4.78, 5) is 41.3. The molecule has 3 heterocycles. The molecule has 0 saturated carbocycles. The molecule has 2 N–H and O–H groups in total. The van der Waals surface area contributed by atoms with Crippen LogP contribution in [0.3, 0.4) is 0 Å². The van der Waals surface area contributed by atoms with Crippen molar-refractivity contribution in [3.8, 4) is 0 Å². The molecule has 0 unspecified atom stereocenters. The number of aromatic nitrogens is 4. The van der Waals surface area contributed by atoms with Crippen molar-refractivity contribution in [3.63, 3.8) is 0 Å². The zero-order valence-corrected chi connectivity index (χ0v) is 13.3. The number of imidazole rings is 1. The topological polar surface area (TPSA) is 104 Å². The molecule has 1 atom stereocenters. The number of rotatable bonds is 5. The third-order valence-corrected chi connectivity index (χ3v) is 4.24. The van der Waals surface area contributed by atoms with Crippen molar-refractivity contribution in [3.05, 3.63) is 48.5 Å². The molecule has 1 fully saturated rings. The second-order valence-corrected chi connectivity index (χ2v) is 5.84. The lowest BCUT2D eigenvalue weighted by atomic mass is 10.1. The molecule has 0 bridgehead atoms. The Morgan fingerprint density at radius 2 is 2.00 bits per heavy atom. The molecule has 25 heavy (non-hydrogen) atoms. The summed E-state index contributed by atoms with van der Waals surface area (Å²) in [7, 11) is 0. The van der Waals surface area contributed by atoms with Crippen LogP contribution < -0.4 is 5.32 Å². The number of fused-ring (bicyclic) bond motifs is 1. The molecule has 8 heteroatoms. The van der Waals surface area contributed by atoms with Gasteiger partial charge in [0, 0.05) is 6.54 Å². The first-order chi connectivity index (χ1) is 12.2. The number of nitrogens with zero attached hydrogens (tertiary/aromatic N) is 4. The standard InChI is InChI=1S/C17H16N6O2/c24-13-8-12(22-16-14-15(19-9-18-14)20-10-21-16)17(25)23(13)7-6-11-4-2-1-3-5-11/h1-5,9-10,12H,6-8H2,(H2,18,19,20,21,22)/t12-/m0/s1. The van der Waals surface area contributed by atoms with Gasteiger partial charge < -0.3 is 10.3 Å². The third kappa shape index (κ3) is 2.93. The monoisotopic (exact) mass is 336 g/mol. The van der Waals surface area contributed by atoms with Crippen LogP contribution in [0.5, 0.6) is 0 Å². The first-order valence-electron chi connectivity index (χ1n) is 8.01. The van der Waals surface area contributed by atoms with E-state index in [1.165, 1.54) is 17.6 Å².